The van der Waals surface area contributed by atoms with Gasteiger partial charge >= 0.3 is 64.8 Å². The number of aryl methyl sites for hydroxylation is 2. The standard InChI is InChI=1S/2C21H17.C2H6Ge.2ClH.Zr/c2*1-2-15-13-17-9-6-12-20(21(17)14-15)19-11-5-8-16-7-3-4-10-18(16)19;1-3-2;;;/h2*3-14H,2H2,1H3;1-2H3;2*1H;/q2*-1;;;;+4/p-2. The van der Waals surface area contributed by atoms with Crippen molar-refractivity contribution < 1.29 is 20.8 Å². The molecule has 0 saturated carbocycles. The Morgan fingerprint density at radius 1 is 0.479 bits per heavy atom. The molecule has 0 fully saturated rings. The number of hydrogen-bond donors (Lipinski definition) is 0. The van der Waals surface area contributed by atoms with E-state index in [0.29, 0.717) is 15.4 Å². The van der Waals surface area contributed by atoms with Gasteiger partial charge < -0.3 is 0 Å². The van der Waals surface area contributed by atoms with Crippen molar-refractivity contribution in [3.63, 3.8) is 0 Å². The third-order valence-electron chi connectivity index (χ3n) is 8.60. The summed E-state index contributed by atoms with van der Waals surface area (Å²) in [4.78, 5) is 0. The predicted molar refractivity (Wildman–Crippen MR) is 213 cm³/mol. The van der Waals surface area contributed by atoms with Gasteiger partial charge in [0, 0.05) is 0 Å². The fraction of sp³-hybridized carbons (Fsp3) is 0.136. The molecule has 8 aromatic carbocycles. The Balaban J connectivity index is 0.000000162. The molecule has 8 rings (SSSR count). The van der Waals surface area contributed by atoms with Crippen molar-refractivity contribution in [2.45, 2.75) is 38.2 Å². The molecule has 4 heteroatoms. The zero-order chi connectivity index (χ0) is 33.9. The first-order valence-electron chi connectivity index (χ1n) is 16.4. The van der Waals surface area contributed by atoms with Crippen LogP contribution in [-0.2, 0) is 33.7 Å². The van der Waals surface area contributed by atoms with Crippen LogP contribution in [0.25, 0.3) is 65.3 Å². The summed E-state index contributed by atoms with van der Waals surface area (Å²) in [5, 5.41) is 10.7. The maximum absolute atomic E-state index is 4.93. The third kappa shape index (κ3) is 8.43. The molecule has 0 aliphatic carbocycles. The summed E-state index contributed by atoms with van der Waals surface area (Å²) in [7, 11) is 9.87. The van der Waals surface area contributed by atoms with E-state index < -0.39 is 20.8 Å². The number of rotatable bonds is 4. The van der Waals surface area contributed by atoms with E-state index in [0.717, 1.165) is 12.8 Å². The first-order valence-corrected chi connectivity index (χ1v) is 27.0. The zero-order valence-corrected chi connectivity index (χ0v) is 34.1. The van der Waals surface area contributed by atoms with Crippen LogP contribution in [0.2, 0.25) is 11.5 Å². The molecule has 0 spiro atoms. The van der Waals surface area contributed by atoms with Crippen LogP contribution in [-0.4, -0.2) is 15.4 Å². The van der Waals surface area contributed by atoms with E-state index in [4.69, 9.17) is 17.0 Å². The second-order valence-corrected chi connectivity index (χ2v) is 17.5. The summed E-state index contributed by atoms with van der Waals surface area (Å²) >= 11 is -0.326. The van der Waals surface area contributed by atoms with Gasteiger partial charge in [0.15, 0.2) is 0 Å². The second kappa shape index (κ2) is 18.2. The Kier molecular flexibility index (Phi) is 13.8. The molecule has 0 heterocycles. The van der Waals surface area contributed by atoms with Crippen molar-refractivity contribution in [3.8, 4) is 22.3 Å². The minimum absolute atomic E-state index is 0.500. The first-order chi connectivity index (χ1) is 23.6. The van der Waals surface area contributed by atoms with E-state index in [1.165, 1.54) is 76.5 Å². The number of benzene rings is 6. The molecule has 0 unspecified atom stereocenters. The first kappa shape index (κ1) is 36.3. The van der Waals surface area contributed by atoms with Gasteiger partial charge in [-0.2, -0.15) is 12.1 Å². The molecule has 2 radical (unpaired) electrons. The van der Waals surface area contributed by atoms with Crippen LogP contribution in [0.5, 0.6) is 0 Å². The molecule has 0 saturated heterocycles. The summed E-state index contributed by atoms with van der Waals surface area (Å²) in [6, 6.07) is 52.9. The van der Waals surface area contributed by atoms with E-state index >= 15 is 0 Å². The minimum atomic E-state index is -0.826. The molecule has 8 aromatic rings. The van der Waals surface area contributed by atoms with Crippen LogP contribution in [0, 0.1) is 0 Å². The molecule has 0 atom stereocenters. The van der Waals surface area contributed by atoms with Crippen molar-refractivity contribution in [1.29, 1.82) is 0 Å². The SMILES string of the molecule is CCc1cc2c(-c3cccc4ccccc34)cccc2[cH-]1.CCc1cc2c(-c3cccc4ccccc34)cccc2[cH-]1.[CH3][Ge][CH3].[Cl][Zr+2][Cl]. The van der Waals surface area contributed by atoms with Crippen molar-refractivity contribution in [2.75, 3.05) is 0 Å². The van der Waals surface area contributed by atoms with Gasteiger partial charge in [0.05, 0.1) is 0 Å². The monoisotopic (exact) mass is 802 g/mol. The van der Waals surface area contributed by atoms with Gasteiger partial charge in [0.1, 0.15) is 0 Å². The van der Waals surface area contributed by atoms with Crippen LogP contribution < -0.4 is 0 Å². The molecule has 0 aromatic heterocycles. The van der Waals surface area contributed by atoms with E-state index in [2.05, 4.69) is 171 Å². The van der Waals surface area contributed by atoms with Gasteiger partial charge in [-0.25, -0.2) is 0 Å². The fourth-order valence-corrected chi connectivity index (χ4v) is 6.39. The molecule has 0 aliphatic rings. The molecule has 0 aliphatic heterocycles. The summed E-state index contributed by atoms with van der Waals surface area (Å²) < 4.78 is 0. The van der Waals surface area contributed by atoms with E-state index in [9.17, 15) is 0 Å². The molecule has 0 N–H and O–H groups in total. The van der Waals surface area contributed by atoms with Gasteiger partial charge in [0.25, 0.3) is 0 Å². The Bertz CT molecular complexity index is 2060. The van der Waals surface area contributed by atoms with Gasteiger partial charge in [-0.3, -0.25) is 0 Å². The van der Waals surface area contributed by atoms with Crippen molar-refractivity contribution in [2.24, 2.45) is 0 Å². The van der Waals surface area contributed by atoms with Gasteiger partial charge in [0.2, 0.25) is 0 Å². The van der Waals surface area contributed by atoms with Crippen LogP contribution >= 0.6 is 17.0 Å². The number of fused-ring (bicyclic) bond motifs is 4. The number of halogens is 2. The summed E-state index contributed by atoms with van der Waals surface area (Å²) in [5.41, 5.74) is 8.15. The van der Waals surface area contributed by atoms with Gasteiger partial charge in [-0.1, -0.05) is 122 Å². The van der Waals surface area contributed by atoms with Crippen molar-refractivity contribution in [1.82, 2.24) is 0 Å². The molecule has 0 amide bonds. The average molecular weight is 804 g/mol. The summed E-state index contributed by atoms with van der Waals surface area (Å²) in [5.74, 6) is 4.50. The predicted octanol–water partition coefficient (Wildman–Crippen LogP) is 14.0. The maximum atomic E-state index is 4.93. The molecular formula is C44H40Cl2GeZr. The molecule has 48 heavy (non-hydrogen) atoms. The van der Waals surface area contributed by atoms with Crippen LogP contribution in [0.3, 0.4) is 0 Å². The topological polar surface area (TPSA) is 0 Å². The van der Waals surface area contributed by atoms with E-state index in [-0.39, 0.29) is 0 Å². The van der Waals surface area contributed by atoms with Crippen LogP contribution in [0.15, 0.2) is 146 Å². The molecule has 0 bridgehead atoms. The van der Waals surface area contributed by atoms with E-state index in [1.54, 1.807) is 0 Å². The Morgan fingerprint density at radius 2 is 0.792 bits per heavy atom. The van der Waals surface area contributed by atoms with Crippen LogP contribution in [0.4, 0.5) is 0 Å². The Labute approximate surface area is 311 Å². The average Bonchev–Trinajstić information content (AvgIpc) is 3.76. The Hall–Kier alpha value is -2.93. The summed E-state index contributed by atoms with van der Waals surface area (Å²) in [6.07, 6.45) is 2.17. The zero-order valence-electron chi connectivity index (χ0n) is 28.0. The van der Waals surface area contributed by atoms with Crippen molar-refractivity contribution >= 4 is 75.5 Å². The quantitative estimate of drug-likeness (QED) is 0.123. The van der Waals surface area contributed by atoms with Gasteiger partial charge in [-0.15, -0.1) is 69.1 Å². The molecule has 0 nitrogen and oxygen atoms in total. The molecule has 238 valence electrons. The summed E-state index contributed by atoms with van der Waals surface area (Å²) in [6.45, 7) is 4.43. The van der Waals surface area contributed by atoms with Crippen LogP contribution in [0.1, 0.15) is 25.0 Å². The molecular weight excluding hydrogens is 763 g/mol. The normalized spacial score (nSPS) is 10.5. The van der Waals surface area contributed by atoms with Gasteiger partial charge in [-0.05, 0) is 45.5 Å². The Morgan fingerprint density at radius 3 is 1.17 bits per heavy atom. The number of hydrogen-bond acceptors (Lipinski definition) is 0. The fourth-order valence-electron chi connectivity index (χ4n) is 6.39. The van der Waals surface area contributed by atoms with E-state index in [1.807, 2.05) is 0 Å². The second-order valence-electron chi connectivity index (χ2n) is 11.7. The van der Waals surface area contributed by atoms with Crippen molar-refractivity contribution in [3.05, 3.63) is 157 Å². The third-order valence-corrected chi connectivity index (χ3v) is 8.60.